The molecule has 4 aromatic rings. The van der Waals surface area contributed by atoms with Gasteiger partial charge < -0.3 is 25.0 Å². The third-order valence-corrected chi connectivity index (χ3v) is 8.14. The van der Waals surface area contributed by atoms with Crippen molar-refractivity contribution in [2.45, 2.75) is 38.1 Å². The zero-order chi connectivity index (χ0) is 34.3. The largest absolute Gasteiger partial charge is 0.461 e. The lowest BCUT2D eigenvalue weighted by atomic mass is 10.0. The third kappa shape index (κ3) is 11.3. The number of piperazine rings is 1. The summed E-state index contributed by atoms with van der Waals surface area (Å²) in [5.41, 5.74) is 3.46. The molecule has 5 rings (SSSR count). The molecule has 2 N–H and O–H groups in total. The highest BCUT2D eigenvalue weighted by Gasteiger charge is 2.31. The first-order valence-corrected chi connectivity index (χ1v) is 16.3. The summed E-state index contributed by atoms with van der Waals surface area (Å²) >= 11 is 0. The van der Waals surface area contributed by atoms with Crippen LogP contribution in [0.3, 0.4) is 0 Å². The average Bonchev–Trinajstić information content (AvgIpc) is 3.14. The number of nitrogens with one attached hydrogen (secondary N) is 2. The molecular weight excluding hydrogens is 622 g/mol. The third-order valence-electron chi connectivity index (χ3n) is 8.14. The number of hydrogen-bond donors (Lipinski definition) is 2. The second-order valence-electron chi connectivity index (χ2n) is 11.8. The summed E-state index contributed by atoms with van der Waals surface area (Å²) in [6.07, 6.45) is 3.23. The number of rotatable bonds is 15. The molecule has 11 nitrogen and oxygen atoms in total. The van der Waals surface area contributed by atoms with Crippen molar-refractivity contribution in [1.82, 2.24) is 20.5 Å². The molecule has 0 saturated carbocycles. The number of aromatic nitrogens is 1. The molecule has 49 heavy (non-hydrogen) atoms. The lowest BCUT2D eigenvalue weighted by molar-refractivity contribution is -0.150. The van der Waals surface area contributed by atoms with E-state index in [0.717, 1.165) is 35.5 Å². The minimum absolute atomic E-state index is 0.0200. The fourth-order valence-corrected chi connectivity index (χ4v) is 5.48. The van der Waals surface area contributed by atoms with Gasteiger partial charge in [-0.15, -0.1) is 0 Å². The summed E-state index contributed by atoms with van der Waals surface area (Å²) in [5, 5.41) is 5.49. The van der Waals surface area contributed by atoms with Gasteiger partial charge in [0.05, 0.1) is 13.0 Å². The number of pyridine rings is 1. The quantitative estimate of drug-likeness (QED) is 0.184. The van der Waals surface area contributed by atoms with Crippen LogP contribution < -0.4 is 15.5 Å². The Hall–Kier alpha value is -5.55. The zero-order valence-electron chi connectivity index (χ0n) is 27.3. The van der Waals surface area contributed by atoms with E-state index < -0.39 is 42.3 Å². The second kappa shape index (κ2) is 18.1. The van der Waals surface area contributed by atoms with Crippen molar-refractivity contribution in [3.63, 3.8) is 0 Å². The van der Waals surface area contributed by atoms with E-state index in [1.807, 2.05) is 108 Å². The van der Waals surface area contributed by atoms with Gasteiger partial charge >= 0.3 is 11.9 Å². The first kappa shape index (κ1) is 34.8. The van der Waals surface area contributed by atoms with Crippen LogP contribution in [0.25, 0.3) is 0 Å². The van der Waals surface area contributed by atoms with Crippen LogP contribution >= 0.6 is 0 Å². The van der Waals surface area contributed by atoms with E-state index in [4.69, 9.17) is 9.47 Å². The van der Waals surface area contributed by atoms with E-state index in [-0.39, 0.29) is 26.2 Å². The molecule has 1 aliphatic rings. The molecule has 2 heterocycles. The van der Waals surface area contributed by atoms with E-state index in [0.29, 0.717) is 13.1 Å². The average molecular weight is 664 g/mol. The van der Waals surface area contributed by atoms with Gasteiger partial charge in [0.25, 0.3) is 0 Å². The Balaban J connectivity index is 1.24. The lowest BCUT2D eigenvalue weighted by Crippen LogP contribution is -2.55. The number of ether oxygens (including phenoxy) is 2. The molecule has 2 atom stereocenters. The van der Waals surface area contributed by atoms with Gasteiger partial charge in [0.1, 0.15) is 25.3 Å². The maximum absolute atomic E-state index is 13.8. The fourth-order valence-electron chi connectivity index (χ4n) is 5.48. The highest BCUT2D eigenvalue weighted by Crippen LogP contribution is 2.15. The molecular formula is C38H41N5O6. The van der Waals surface area contributed by atoms with E-state index in [1.54, 1.807) is 12.4 Å². The summed E-state index contributed by atoms with van der Waals surface area (Å²) in [5.74, 6) is -2.41. The van der Waals surface area contributed by atoms with E-state index in [2.05, 4.69) is 20.5 Å². The number of nitrogens with zero attached hydrogens (tertiary/aromatic N) is 3. The molecule has 0 unspecified atom stereocenters. The molecule has 0 aliphatic carbocycles. The van der Waals surface area contributed by atoms with Gasteiger partial charge in [-0.3, -0.25) is 24.3 Å². The van der Waals surface area contributed by atoms with E-state index in [1.165, 1.54) is 0 Å². The predicted molar refractivity (Wildman–Crippen MR) is 184 cm³/mol. The number of amides is 2. The van der Waals surface area contributed by atoms with Crippen LogP contribution in [-0.2, 0) is 48.3 Å². The topological polar surface area (TPSA) is 130 Å². The van der Waals surface area contributed by atoms with Gasteiger partial charge in [0, 0.05) is 50.7 Å². The molecule has 254 valence electrons. The summed E-state index contributed by atoms with van der Waals surface area (Å²) < 4.78 is 11.0. The Morgan fingerprint density at radius 2 is 1.20 bits per heavy atom. The minimum Gasteiger partial charge on any atom is -0.461 e. The van der Waals surface area contributed by atoms with Crippen LogP contribution in [-0.4, -0.2) is 78.4 Å². The van der Waals surface area contributed by atoms with E-state index in [9.17, 15) is 19.2 Å². The van der Waals surface area contributed by atoms with Crippen molar-refractivity contribution >= 4 is 29.4 Å². The Morgan fingerprint density at radius 3 is 1.80 bits per heavy atom. The molecule has 2 amide bonds. The van der Waals surface area contributed by atoms with Crippen molar-refractivity contribution in [1.29, 1.82) is 0 Å². The molecule has 1 fully saturated rings. The standard InChI is InChI=1S/C38H41N5O6/c44-35(26-42-20-22-43(23-21-42)32-16-18-39-19-17-32)40-33(25-36(45)48-27-30-12-6-2-7-13-30)37(46)41-34(24-29-10-4-1-5-11-29)38(47)49-28-31-14-8-3-9-15-31/h1-19,33-34H,20-28H2,(H,40,44)(H,41,46)/t33-,34-/m0/s1. The first-order chi connectivity index (χ1) is 23.9. The Kier molecular flexibility index (Phi) is 12.9. The smallest absolute Gasteiger partial charge is 0.329 e. The fraction of sp³-hybridized carbons (Fsp3) is 0.289. The summed E-state index contributed by atoms with van der Waals surface area (Å²) in [7, 11) is 0. The summed E-state index contributed by atoms with van der Waals surface area (Å²) in [4.78, 5) is 61.7. The number of esters is 2. The molecule has 0 spiro atoms. The lowest BCUT2D eigenvalue weighted by Gasteiger charge is -2.35. The predicted octanol–water partition coefficient (Wildman–Crippen LogP) is 3.29. The monoisotopic (exact) mass is 663 g/mol. The SMILES string of the molecule is O=C(CN1CCN(c2ccncc2)CC1)N[C@@H](CC(=O)OCc1ccccc1)C(=O)N[C@@H](Cc1ccccc1)C(=O)OCc1ccccc1. The minimum atomic E-state index is -1.28. The number of anilines is 1. The van der Waals surface area contributed by atoms with Crippen LogP contribution in [0.4, 0.5) is 5.69 Å². The first-order valence-electron chi connectivity index (χ1n) is 16.3. The van der Waals surface area contributed by atoms with Gasteiger partial charge in [0.15, 0.2) is 0 Å². The van der Waals surface area contributed by atoms with Gasteiger partial charge in [0.2, 0.25) is 11.8 Å². The maximum Gasteiger partial charge on any atom is 0.329 e. The molecule has 11 heteroatoms. The Labute approximate surface area is 286 Å². The molecule has 3 aromatic carbocycles. The number of carbonyl (C=O) groups excluding carboxylic acids is 4. The van der Waals surface area contributed by atoms with Gasteiger partial charge in [-0.05, 0) is 28.8 Å². The highest BCUT2D eigenvalue weighted by atomic mass is 16.5. The Morgan fingerprint density at radius 1 is 0.653 bits per heavy atom. The summed E-state index contributed by atoms with van der Waals surface area (Å²) in [6, 6.07) is 29.2. The van der Waals surface area contributed by atoms with Crippen LogP contribution in [0.1, 0.15) is 23.1 Å². The van der Waals surface area contributed by atoms with Crippen LogP contribution in [0.5, 0.6) is 0 Å². The van der Waals surface area contributed by atoms with Crippen LogP contribution in [0.15, 0.2) is 116 Å². The number of hydrogen-bond acceptors (Lipinski definition) is 9. The molecule has 0 radical (unpaired) electrons. The van der Waals surface area contributed by atoms with Crippen LogP contribution in [0.2, 0.25) is 0 Å². The molecule has 1 aliphatic heterocycles. The van der Waals surface area contributed by atoms with Gasteiger partial charge in [-0.2, -0.15) is 0 Å². The van der Waals surface area contributed by atoms with Crippen molar-refractivity contribution < 1.29 is 28.7 Å². The van der Waals surface area contributed by atoms with E-state index >= 15 is 0 Å². The van der Waals surface area contributed by atoms with Crippen molar-refractivity contribution in [3.8, 4) is 0 Å². The Bertz CT molecular complexity index is 1630. The zero-order valence-corrected chi connectivity index (χ0v) is 27.3. The molecule has 1 saturated heterocycles. The van der Waals surface area contributed by atoms with Crippen molar-refractivity contribution in [3.05, 3.63) is 132 Å². The number of carbonyl (C=O) groups is 4. The normalized spacial score (nSPS) is 14.2. The van der Waals surface area contributed by atoms with Crippen molar-refractivity contribution in [2.24, 2.45) is 0 Å². The van der Waals surface area contributed by atoms with Crippen molar-refractivity contribution in [2.75, 3.05) is 37.6 Å². The van der Waals surface area contributed by atoms with Gasteiger partial charge in [-0.25, -0.2) is 4.79 Å². The van der Waals surface area contributed by atoms with Crippen LogP contribution in [0, 0.1) is 0 Å². The number of benzene rings is 3. The molecule has 0 bridgehead atoms. The molecule has 1 aromatic heterocycles. The summed E-state index contributed by atoms with van der Waals surface area (Å²) in [6.45, 7) is 2.81. The maximum atomic E-state index is 13.8. The van der Waals surface area contributed by atoms with Gasteiger partial charge in [-0.1, -0.05) is 91.0 Å². The highest BCUT2D eigenvalue weighted by molar-refractivity contribution is 5.93. The second-order valence-corrected chi connectivity index (χ2v) is 11.8.